The number of ether oxygens (including phenoxy) is 2. The van der Waals surface area contributed by atoms with E-state index in [-0.39, 0.29) is 18.5 Å². The Labute approximate surface area is 141 Å². The molecule has 1 N–H and O–H groups in total. The van der Waals surface area contributed by atoms with Crippen molar-refractivity contribution in [2.45, 2.75) is 39.7 Å². The van der Waals surface area contributed by atoms with Gasteiger partial charge < -0.3 is 9.47 Å². The number of carbonyl (C=O) groups excluding carboxylic acids is 1. The van der Waals surface area contributed by atoms with Gasteiger partial charge in [0.2, 0.25) is 0 Å². The van der Waals surface area contributed by atoms with Crippen LogP contribution in [0, 0.1) is 6.92 Å². The molecule has 1 rings (SSSR count). The maximum absolute atomic E-state index is 11.6. The Morgan fingerprint density at radius 3 is 2.16 bits per heavy atom. The molecule has 0 radical (unpaired) electrons. The zero-order valence-corrected chi connectivity index (χ0v) is 15.3. The summed E-state index contributed by atoms with van der Waals surface area (Å²) in [6.45, 7) is 6.79. The van der Waals surface area contributed by atoms with Gasteiger partial charge in [0.25, 0.3) is 5.82 Å². The molecule has 0 spiro atoms. The van der Waals surface area contributed by atoms with Crippen molar-refractivity contribution in [3.05, 3.63) is 17.7 Å². The summed E-state index contributed by atoms with van der Waals surface area (Å²) in [6, 6.07) is 0. The van der Waals surface area contributed by atoms with E-state index in [4.69, 9.17) is 9.47 Å². The summed E-state index contributed by atoms with van der Waals surface area (Å²) in [5, 5.41) is 0. The number of nitrogens with zero attached hydrogens (tertiary/aromatic N) is 1. The number of nitrogens with one attached hydrogen (secondary N) is 1. The first kappa shape index (κ1) is 23.6. The van der Waals surface area contributed by atoms with Crippen molar-refractivity contribution in [2.75, 3.05) is 13.2 Å². The Balaban J connectivity index is 0.000000697. The molecule has 0 fully saturated rings. The number of hydrogen-bond acceptors (Lipinski definition) is 3. The van der Waals surface area contributed by atoms with E-state index in [1.165, 1.54) is 0 Å². The number of hydrogen-bond donors (Lipinski definition) is 1. The molecular formula is C13H23F6N2O3P. The van der Waals surface area contributed by atoms with Gasteiger partial charge in [-0.25, -0.2) is 9.55 Å². The van der Waals surface area contributed by atoms with Crippen LogP contribution >= 0.6 is 7.81 Å². The number of esters is 1. The standard InChI is InChI=1S/C13H22N2O3.F6P/c1-5-10(2)17-6-7-18-13(16)8-12-9-14-11(3)15(12)4;1-7(2,3,4,5)6/h9-10H,5-8H2,1-4H3;/q;-1/p+1. The molecule has 1 atom stereocenters. The van der Waals surface area contributed by atoms with Gasteiger partial charge >= 0.3 is 39.0 Å². The van der Waals surface area contributed by atoms with Gasteiger partial charge in [0.05, 0.1) is 19.8 Å². The van der Waals surface area contributed by atoms with E-state index >= 15 is 0 Å². The summed E-state index contributed by atoms with van der Waals surface area (Å²) in [4.78, 5) is 14.6. The summed E-state index contributed by atoms with van der Waals surface area (Å²) >= 11 is 0. The summed E-state index contributed by atoms with van der Waals surface area (Å²) < 4.78 is 71.7. The van der Waals surface area contributed by atoms with E-state index in [0.29, 0.717) is 13.2 Å². The Kier molecular flexibility index (Phi) is 7.48. The van der Waals surface area contributed by atoms with Crippen LogP contribution in [0.3, 0.4) is 0 Å². The molecule has 0 amide bonds. The molecular weight excluding hydrogens is 377 g/mol. The Morgan fingerprint density at radius 1 is 1.24 bits per heavy atom. The fraction of sp³-hybridized carbons (Fsp3) is 0.692. The van der Waals surface area contributed by atoms with Gasteiger partial charge in [-0.15, -0.1) is 0 Å². The van der Waals surface area contributed by atoms with Gasteiger partial charge in [-0.05, 0) is 13.3 Å². The number of halogens is 6. The molecule has 12 heteroatoms. The summed E-state index contributed by atoms with van der Waals surface area (Å²) in [6.07, 6.45) is 3.29. The van der Waals surface area contributed by atoms with Crippen molar-refractivity contribution in [2.24, 2.45) is 7.05 Å². The molecule has 1 heterocycles. The van der Waals surface area contributed by atoms with Crippen molar-refractivity contribution in [3.63, 3.8) is 0 Å². The van der Waals surface area contributed by atoms with Crippen LogP contribution in [0.2, 0.25) is 0 Å². The zero-order valence-electron chi connectivity index (χ0n) is 14.4. The molecule has 150 valence electrons. The number of carbonyl (C=O) groups is 1. The van der Waals surface area contributed by atoms with E-state index in [1.54, 1.807) is 0 Å². The average Bonchev–Trinajstić information content (AvgIpc) is 2.72. The van der Waals surface area contributed by atoms with Gasteiger partial charge in [0.15, 0.2) is 5.69 Å². The second-order valence-corrected chi connectivity index (χ2v) is 7.29. The van der Waals surface area contributed by atoms with Gasteiger partial charge in [-0.3, -0.25) is 4.79 Å². The van der Waals surface area contributed by atoms with E-state index < -0.39 is 7.81 Å². The van der Waals surface area contributed by atoms with Crippen molar-refractivity contribution >= 4 is 13.8 Å². The van der Waals surface area contributed by atoms with Crippen LogP contribution in [0.4, 0.5) is 25.2 Å². The third-order valence-electron chi connectivity index (χ3n) is 3.03. The molecule has 1 unspecified atom stereocenters. The molecule has 25 heavy (non-hydrogen) atoms. The Morgan fingerprint density at radius 2 is 1.76 bits per heavy atom. The van der Waals surface area contributed by atoms with Crippen molar-refractivity contribution in [3.8, 4) is 0 Å². The van der Waals surface area contributed by atoms with Crippen LogP contribution in [-0.4, -0.2) is 30.3 Å². The van der Waals surface area contributed by atoms with E-state index in [1.807, 2.05) is 31.7 Å². The quantitative estimate of drug-likeness (QED) is 0.242. The summed E-state index contributed by atoms with van der Waals surface area (Å²) in [7, 11) is -8.74. The Bertz CT molecular complexity index is 562. The molecule has 5 nitrogen and oxygen atoms in total. The normalized spacial score (nSPS) is 15.4. The Hall–Kier alpha value is -1.35. The van der Waals surface area contributed by atoms with Crippen LogP contribution in [0.15, 0.2) is 6.20 Å². The monoisotopic (exact) mass is 400 g/mol. The van der Waals surface area contributed by atoms with Gasteiger partial charge in [0.1, 0.15) is 19.2 Å². The molecule has 1 aromatic rings. The van der Waals surface area contributed by atoms with E-state index in [0.717, 1.165) is 17.9 Å². The number of imidazole rings is 1. The minimum absolute atomic E-state index is 0.217. The minimum atomic E-state index is -10.7. The number of aromatic nitrogens is 2. The van der Waals surface area contributed by atoms with Crippen molar-refractivity contribution < 1.29 is 44.0 Å². The second-order valence-electron chi connectivity index (χ2n) is 5.37. The fourth-order valence-corrected chi connectivity index (χ4v) is 1.49. The van der Waals surface area contributed by atoms with Crippen LogP contribution in [0.5, 0.6) is 0 Å². The predicted octanol–water partition coefficient (Wildman–Crippen LogP) is 4.43. The first-order chi connectivity index (χ1) is 11.0. The molecule has 0 aromatic carbocycles. The topological polar surface area (TPSA) is 55.2 Å². The van der Waals surface area contributed by atoms with Gasteiger partial charge in [0, 0.05) is 6.92 Å². The van der Waals surface area contributed by atoms with Crippen LogP contribution in [0.1, 0.15) is 31.8 Å². The van der Waals surface area contributed by atoms with Gasteiger partial charge in [-0.1, -0.05) is 6.92 Å². The van der Waals surface area contributed by atoms with Crippen LogP contribution < -0.4 is 4.57 Å². The van der Waals surface area contributed by atoms with Crippen LogP contribution in [-0.2, 0) is 27.7 Å². The molecule has 1 aromatic heterocycles. The van der Waals surface area contributed by atoms with E-state index in [2.05, 4.69) is 11.9 Å². The maximum atomic E-state index is 11.6. The number of H-pyrrole nitrogens is 1. The predicted molar refractivity (Wildman–Crippen MR) is 80.6 cm³/mol. The van der Waals surface area contributed by atoms with Crippen molar-refractivity contribution in [1.82, 2.24) is 4.98 Å². The molecule has 0 aliphatic heterocycles. The fourth-order valence-electron chi connectivity index (χ4n) is 1.49. The first-order valence-corrected chi connectivity index (χ1v) is 9.39. The zero-order chi connectivity index (χ0) is 20.0. The third-order valence-corrected chi connectivity index (χ3v) is 3.03. The number of aryl methyl sites for hydroxylation is 1. The van der Waals surface area contributed by atoms with Crippen molar-refractivity contribution in [1.29, 1.82) is 0 Å². The van der Waals surface area contributed by atoms with Crippen LogP contribution in [0.25, 0.3) is 0 Å². The summed E-state index contributed by atoms with van der Waals surface area (Å²) in [5.41, 5.74) is 0.917. The van der Waals surface area contributed by atoms with E-state index in [9.17, 15) is 30.0 Å². The number of aromatic amines is 1. The second kappa shape index (κ2) is 7.90. The SMILES string of the molecule is CCC(C)OCCOC(=O)Cc1c[nH]c(C)[n+]1C.F[P-](F)(F)(F)(F)F. The average molecular weight is 400 g/mol. The molecule has 0 saturated carbocycles. The number of rotatable bonds is 7. The molecule has 0 bridgehead atoms. The summed E-state index contributed by atoms with van der Waals surface area (Å²) in [5.74, 6) is 0.787. The molecule has 0 aliphatic rings. The first-order valence-electron chi connectivity index (χ1n) is 7.36. The molecule has 0 saturated heterocycles. The van der Waals surface area contributed by atoms with Gasteiger partial charge in [-0.2, -0.15) is 0 Å². The third kappa shape index (κ3) is 15.9. The molecule has 0 aliphatic carbocycles.